The van der Waals surface area contributed by atoms with Gasteiger partial charge in [-0.1, -0.05) is 12.1 Å². The van der Waals surface area contributed by atoms with Crippen LogP contribution in [0.2, 0.25) is 0 Å². The molecule has 2 aromatic rings. The van der Waals surface area contributed by atoms with Crippen LogP contribution >= 0.6 is 0 Å². The molecule has 2 rings (SSSR count). The normalized spacial score (nSPS) is 12.5. The summed E-state index contributed by atoms with van der Waals surface area (Å²) >= 11 is 0. The van der Waals surface area contributed by atoms with Crippen LogP contribution in [0, 0.1) is 0 Å². The molecule has 5 nitrogen and oxygen atoms in total. The SMILES string of the molecule is C[C@H](NC(=O)CCNc1ncccn1)c1ccc(C(F)(F)F)cc1. The number of rotatable bonds is 6. The first-order valence-corrected chi connectivity index (χ1v) is 7.33. The van der Waals surface area contributed by atoms with Gasteiger partial charge in [-0.15, -0.1) is 0 Å². The van der Waals surface area contributed by atoms with E-state index in [1.165, 1.54) is 12.1 Å². The van der Waals surface area contributed by atoms with Gasteiger partial charge in [0.1, 0.15) is 0 Å². The van der Waals surface area contributed by atoms with Gasteiger partial charge in [-0.2, -0.15) is 13.2 Å². The third-order valence-corrected chi connectivity index (χ3v) is 3.32. The number of nitrogens with zero attached hydrogens (tertiary/aromatic N) is 2. The van der Waals surface area contributed by atoms with E-state index >= 15 is 0 Å². The van der Waals surface area contributed by atoms with Gasteiger partial charge in [-0.05, 0) is 30.7 Å². The molecule has 0 radical (unpaired) electrons. The van der Waals surface area contributed by atoms with Gasteiger partial charge >= 0.3 is 6.18 Å². The largest absolute Gasteiger partial charge is 0.416 e. The molecule has 0 bridgehead atoms. The topological polar surface area (TPSA) is 66.9 Å². The zero-order chi connectivity index (χ0) is 17.6. The highest BCUT2D eigenvalue weighted by molar-refractivity contribution is 5.76. The summed E-state index contributed by atoms with van der Waals surface area (Å²) in [6.07, 6.45) is -0.996. The Kier molecular flexibility index (Phi) is 5.73. The minimum absolute atomic E-state index is 0.198. The van der Waals surface area contributed by atoms with Crippen LogP contribution in [0.5, 0.6) is 0 Å². The predicted molar refractivity (Wildman–Crippen MR) is 83.1 cm³/mol. The fraction of sp³-hybridized carbons (Fsp3) is 0.312. The third-order valence-electron chi connectivity index (χ3n) is 3.32. The highest BCUT2D eigenvalue weighted by atomic mass is 19.4. The Balaban J connectivity index is 1.80. The van der Waals surface area contributed by atoms with Crippen molar-refractivity contribution in [1.82, 2.24) is 15.3 Å². The molecule has 1 aromatic heterocycles. The van der Waals surface area contributed by atoms with Crippen molar-refractivity contribution < 1.29 is 18.0 Å². The number of carbonyl (C=O) groups is 1. The molecule has 0 saturated heterocycles. The van der Waals surface area contributed by atoms with E-state index in [9.17, 15) is 18.0 Å². The molecular weight excluding hydrogens is 321 g/mol. The van der Waals surface area contributed by atoms with Gasteiger partial charge in [0.05, 0.1) is 11.6 Å². The van der Waals surface area contributed by atoms with E-state index in [-0.39, 0.29) is 18.4 Å². The first kappa shape index (κ1) is 17.7. The summed E-state index contributed by atoms with van der Waals surface area (Å²) in [7, 11) is 0. The van der Waals surface area contributed by atoms with Crippen LogP contribution < -0.4 is 10.6 Å². The minimum atomic E-state index is -4.36. The summed E-state index contributed by atoms with van der Waals surface area (Å²) in [6, 6.07) is 6.04. The Morgan fingerprint density at radius 2 is 1.79 bits per heavy atom. The molecule has 0 aliphatic carbocycles. The maximum absolute atomic E-state index is 12.5. The highest BCUT2D eigenvalue weighted by Gasteiger charge is 2.30. The molecule has 1 amide bonds. The lowest BCUT2D eigenvalue weighted by atomic mass is 10.1. The van der Waals surface area contributed by atoms with Gasteiger partial charge in [-0.3, -0.25) is 4.79 Å². The maximum Gasteiger partial charge on any atom is 0.416 e. The van der Waals surface area contributed by atoms with E-state index in [0.29, 0.717) is 18.1 Å². The minimum Gasteiger partial charge on any atom is -0.354 e. The van der Waals surface area contributed by atoms with Crippen LogP contribution in [-0.4, -0.2) is 22.4 Å². The van der Waals surface area contributed by atoms with Crippen molar-refractivity contribution in [2.75, 3.05) is 11.9 Å². The molecule has 0 aliphatic heterocycles. The van der Waals surface area contributed by atoms with Crippen LogP contribution in [0.3, 0.4) is 0 Å². The second-order valence-corrected chi connectivity index (χ2v) is 5.16. The summed E-state index contributed by atoms with van der Waals surface area (Å²) in [5, 5.41) is 5.64. The molecule has 128 valence electrons. The lowest BCUT2D eigenvalue weighted by molar-refractivity contribution is -0.137. The average molecular weight is 338 g/mol. The molecule has 1 aromatic carbocycles. The molecule has 0 spiro atoms. The molecule has 2 N–H and O–H groups in total. The summed E-state index contributed by atoms with van der Waals surface area (Å²) in [4.78, 5) is 19.8. The first-order valence-electron chi connectivity index (χ1n) is 7.33. The smallest absolute Gasteiger partial charge is 0.354 e. The molecule has 0 fully saturated rings. The van der Waals surface area contributed by atoms with Crippen molar-refractivity contribution in [1.29, 1.82) is 0 Å². The zero-order valence-electron chi connectivity index (χ0n) is 13.0. The van der Waals surface area contributed by atoms with Crippen LogP contribution in [0.15, 0.2) is 42.7 Å². The van der Waals surface area contributed by atoms with Crippen molar-refractivity contribution in [2.45, 2.75) is 25.6 Å². The monoisotopic (exact) mass is 338 g/mol. The number of carbonyl (C=O) groups excluding carboxylic acids is 1. The standard InChI is InChI=1S/C16H17F3N4O/c1-11(12-3-5-13(6-4-12)16(17,18)19)23-14(24)7-10-22-15-20-8-2-9-21-15/h2-6,8-9,11H,7,10H2,1H3,(H,23,24)(H,20,21,22)/t11-/m0/s1. The van der Waals surface area contributed by atoms with Gasteiger partial charge < -0.3 is 10.6 Å². The molecule has 0 aliphatic rings. The Bertz CT molecular complexity index is 659. The number of hydrogen-bond acceptors (Lipinski definition) is 4. The van der Waals surface area contributed by atoms with E-state index < -0.39 is 11.7 Å². The van der Waals surface area contributed by atoms with E-state index in [4.69, 9.17) is 0 Å². The number of aromatic nitrogens is 2. The zero-order valence-corrected chi connectivity index (χ0v) is 13.0. The van der Waals surface area contributed by atoms with Crippen molar-refractivity contribution >= 4 is 11.9 Å². The summed E-state index contributed by atoms with van der Waals surface area (Å²) in [5.41, 5.74) is -0.104. The molecule has 1 atom stereocenters. The van der Waals surface area contributed by atoms with Gasteiger partial charge in [0.2, 0.25) is 11.9 Å². The van der Waals surface area contributed by atoms with Crippen molar-refractivity contribution in [3.8, 4) is 0 Å². The van der Waals surface area contributed by atoms with Gasteiger partial charge in [0.25, 0.3) is 0 Å². The number of halogens is 3. The number of nitrogens with one attached hydrogen (secondary N) is 2. The van der Waals surface area contributed by atoms with Crippen LogP contribution in [0.25, 0.3) is 0 Å². The lowest BCUT2D eigenvalue weighted by Gasteiger charge is -2.15. The first-order chi connectivity index (χ1) is 11.4. The van der Waals surface area contributed by atoms with E-state index in [1.54, 1.807) is 25.4 Å². The fourth-order valence-corrected chi connectivity index (χ4v) is 2.04. The maximum atomic E-state index is 12.5. The summed E-state index contributed by atoms with van der Waals surface area (Å²) in [6.45, 7) is 2.07. The van der Waals surface area contributed by atoms with Crippen LogP contribution in [0.1, 0.15) is 30.5 Å². The Morgan fingerprint density at radius 1 is 1.17 bits per heavy atom. The van der Waals surface area contributed by atoms with Gasteiger partial charge in [0, 0.05) is 25.4 Å². The molecule has 24 heavy (non-hydrogen) atoms. The third kappa shape index (κ3) is 5.22. The van der Waals surface area contributed by atoms with Crippen LogP contribution in [0.4, 0.5) is 19.1 Å². The number of amides is 1. The van der Waals surface area contributed by atoms with E-state index in [1.807, 2.05) is 0 Å². The van der Waals surface area contributed by atoms with Crippen molar-refractivity contribution in [2.24, 2.45) is 0 Å². The predicted octanol–water partition coefficient (Wildman–Crippen LogP) is 3.17. The Morgan fingerprint density at radius 3 is 2.38 bits per heavy atom. The Hall–Kier alpha value is -2.64. The highest BCUT2D eigenvalue weighted by Crippen LogP contribution is 2.29. The average Bonchev–Trinajstić information content (AvgIpc) is 2.55. The van der Waals surface area contributed by atoms with Gasteiger partial charge in [0.15, 0.2) is 0 Å². The number of benzene rings is 1. The summed E-state index contributed by atoms with van der Waals surface area (Å²) in [5.74, 6) is 0.215. The lowest BCUT2D eigenvalue weighted by Crippen LogP contribution is -2.28. The van der Waals surface area contributed by atoms with Gasteiger partial charge in [-0.25, -0.2) is 9.97 Å². The molecule has 0 saturated carbocycles. The van der Waals surface area contributed by atoms with E-state index in [2.05, 4.69) is 20.6 Å². The van der Waals surface area contributed by atoms with Crippen molar-refractivity contribution in [3.05, 3.63) is 53.9 Å². The molecular formula is C16H17F3N4O. The van der Waals surface area contributed by atoms with E-state index in [0.717, 1.165) is 12.1 Å². The van der Waals surface area contributed by atoms with Crippen molar-refractivity contribution in [3.63, 3.8) is 0 Å². The van der Waals surface area contributed by atoms with Crippen LogP contribution in [-0.2, 0) is 11.0 Å². The molecule has 0 unspecified atom stereocenters. The number of hydrogen-bond donors (Lipinski definition) is 2. The number of anilines is 1. The fourth-order valence-electron chi connectivity index (χ4n) is 2.04. The Labute approximate surface area is 137 Å². The number of alkyl halides is 3. The summed E-state index contributed by atoms with van der Waals surface area (Å²) < 4.78 is 37.6. The second kappa shape index (κ2) is 7.76. The molecule has 8 heteroatoms. The second-order valence-electron chi connectivity index (χ2n) is 5.16. The molecule has 1 heterocycles. The quantitative estimate of drug-likeness (QED) is 0.849.